The molecule has 1 rings (SSSR count). The highest BCUT2D eigenvalue weighted by Gasteiger charge is 2.04. The van der Waals surface area contributed by atoms with Gasteiger partial charge in [0.1, 0.15) is 5.75 Å². The number of aliphatic hydroxyl groups is 1. The summed E-state index contributed by atoms with van der Waals surface area (Å²) in [6.45, 7) is 5.42. The highest BCUT2D eigenvalue weighted by atomic mass is 16.5. The second kappa shape index (κ2) is 9.34. The molecule has 0 heterocycles. The quantitative estimate of drug-likeness (QED) is 0.667. The number of carbonyl (C=O) groups excluding carboxylic acids is 1. The summed E-state index contributed by atoms with van der Waals surface area (Å²) in [5, 5.41) is 11.3. The monoisotopic (exact) mass is 281 g/mol. The maximum Gasteiger partial charge on any atom is 0.257 e. The Balaban J connectivity index is 2.16. The van der Waals surface area contributed by atoms with Crippen LogP contribution in [0.2, 0.25) is 0 Å². The van der Waals surface area contributed by atoms with Gasteiger partial charge in [-0.15, -0.1) is 0 Å². The molecule has 0 aliphatic carbocycles. The Hall–Kier alpha value is -1.59. The van der Waals surface area contributed by atoms with E-state index in [4.69, 9.17) is 14.6 Å². The lowest BCUT2D eigenvalue weighted by molar-refractivity contribution is -0.123. The van der Waals surface area contributed by atoms with Crippen LogP contribution in [-0.2, 0) is 9.53 Å². The van der Waals surface area contributed by atoms with Crippen LogP contribution in [0.5, 0.6) is 5.75 Å². The fraction of sp³-hybridized carbons (Fsp3) is 0.533. The summed E-state index contributed by atoms with van der Waals surface area (Å²) >= 11 is 0. The summed E-state index contributed by atoms with van der Waals surface area (Å²) in [5.41, 5.74) is 2.19. The average Bonchev–Trinajstić information content (AvgIpc) is 2.41. The minimum atomic E-state index is -0.146. The number of carbonyl (C=O) groups is 1. The van der Waals surface area contributed by atoms with Gasteiger partial charge < -0.3 is 19.9 Å². The largest absolute Gasteiger partial charge is 0.484 e. The standard InChI is InChI=1S/C15H23NO4/c1-12-4-5-14(13(2)10-12)20-11-15(18)16-6-3-8-19-9-7-17/h4-5,10,17H,3,6-9,11H2,1-2H3,(H,16,18). The molecule has 5 heteroatoms. The molecular formula is C15H23NO4. The molecule has 0 fully saturated rings. The van der Waals surface area contributed by atoms with E-state index in [-0.39, 0.29) is 19.1 Å². The van der Waals surface area contributed by atoms with Gasteiger partial charge in [-0.25, -0.2) is 0 Å². The first-order valence-corrected chi connectivity index (χ1v) is 6.79. The maximum atomic E-state index is 11.6. The summed E-state index contributed by atoms with van der Waals surface area (Å²) in [5.74, 6) is 0.587. The molecular weight excluding hydrogens is 258 g/mol. The van der Waals surface area contributed by atoms with E-state index in [2.05, 4.69) is 5.32 Å². The van der Waals surface area contributed by atoms with E-state index < -0.39 is 0 Å². The first-order chi connectivity index (χ1) is 9.63. The van der Waals surface area contributed by atoms with E-state index in [0.717, 1.165) is 17.7 Å². The average molecular weight is 281 g/mol. The minimum absolute atomic E-state index is 0.0153. The van der Waals surface area contributed by atoms with Gasteiger partial charge in [-0.2, -0.15) is 0 Å². The summed E-state index contributed by atoms with van der Waals surface area (Å²) in [6, 6.07) is 5.85. The lowest BCUT2D eigenvalue weighted by Crippen LogP contribution is -2.30. The van der Waals surface area contributed by atoms with Crippen molar-refractivity contribution in [1.82, 2.24) is 5.32 Å². The number of hydrogen-bond donors (Lipinski definition) is 2. The van der Waals surface area contributed by atoms with Crippen molar-refractivity contribution in [3.05, 3.63) is 29.3 Å². The van der Waals surface area contributed by atoms with Gasteiger partial charge in [0.25, 0.3) is 5.91 Å². The minimum Gasteiger partial charge on any atom is -0.484 e. The van der Waals surface area contributed by atoms with Crippen molar-refractivity contribution in [2.45, 2.75) is 20.3 Å². The number of rotatable bonds is 9. The smallest absolute Gasteiger partial charge is 0.257 e. The van der Waals surface area contributed by atoms with Crippen LogP contribution in [0, 0.1) is 13.8 Å². The van der Waals surface area contributed by atoms with Crippen LogP contribution < -0.4 is 10.1 Å². The molecule has 0 aromatic heterocycles. The summed E-state index contributed by atoms with van der Waals surface area (Å²) in [7, 11) is 0. The van der Waals surface area contributed by atoms with Crippen LogP contribution in [0.3, 0.4) is 0 Å². The lowest BCUT2D eigenvalue weighted by Gasteiger charge is -2.10. The van der Waals surface area contributed by atoms with Gasteiger partial charge in [-0.1, -0.05) is 17.7 Å². The molecule has 1 aromatic carbocycles. The van der Waals surface area contributed by atoms with Gasteiger partial charge >= 0.3 is 0 Å². The SMILES string of the molecule is Cc1ccc(OCC(=O)NCCCOCCO)c(C)c1. The third kappa shape index (κ3) is 6.54. The van der Waals surface area contributed by atoms with E-state index in [1.165, 1.54) is 5.56 Å². The van der Waals surface area contributed by atoms with E-state index in [1.54, 1.807) is 0 Å². The Morgan fingerprint density at radius 2 is 2.10 bits per heavy atom. The van der Waals surface area contributed by atoms with E-state index >= 15 is 0 Å². The van der Waals surface area contributed by atoms with Crippen molar-refractivity contribution in [3.8, 4) is 5.75 Å². The number of benzene rings is 1. The molecule has 5 nitrogen and oxygen atoms in total. The zero-order valence-corrected chi connectivity index (χ0v) is 12.1. The van der Waals surface area contributed by atoms with Gasteiger partial charge in [-0.05, 0) is 31.9 Å². The van der Waals surface area contributed by atoms with E-state index in [0.29, 0.717) is 19.8 Å². The molecule has 0 radical (unpaired) electrons. The molecule has 0 unspecified atom stereocenters. The molecule has 0 saturated carbocycles. The molecule has 0 spiro atoms. The van der Waals surface area contributed by atoms with Crippen molar-refractivity contribution in [2.75, 3.05) is 33.0 Å². The number of ether oxygens (including phenoxy) is 2. The predicted molar refractivity (Wildman–Crippen MR) is 76.9 cm³/mol. The Morgan fingerprint density at radius 3 is 2.80 bits per heavy atom. The fourth-order valence-corrected chi connectivity index (χ4v) is 1.72. The van der Waals surface area contributed by atoms with Crippen molar-refractivity contribution in [3.63, 3.8) is 0 Å². The summed E-state index contributed by atoms with van der Waals surface area (Å²) < 4.78 is 10.6. The van der Waals surface area contributed by atoms with Gasteiger partial charge in [0.2, 0.25) is 0 Å². The van der Waals surface area contributed by atoms with Gasteiger partial charge in [0.05, 0.1) is 13.2 Å². The third-order valence-corrected chi connectivity index (χ3v) is 2.71. The number of aryl methyl sites for hydroxylation is 2. The number of amides is 1. The Labute approximate surface area is 119 Å². The highest BCUT2D eigenvalue weighted by Crippen LogP contribution is 2.18. The molecule has 1 aromatic rings. The number of aliphatic hydroxyl groups excluding tert-OH is 1. The van der Waals surface area contributed by atoms with Gasteiger partial charge in [0.15, 0.2) is 6.61 Å². The number of nitrogens with one attached hydrogen (secondary N) is 1. The summed E-state index contributed by atoms with van der Waals surface area (Å²) in [4.78, 5) is 11.6. The molecule has 2 N–H and O–H groups in total. The topological polar surface area (TPSA) is 67.8 Å². The summed E-state index contributed by atoms with van der Waals surface area (Å²) in [6.07, 6.45) is 0.718. The first kappa shape index (κ1) is 16.5. The van der Waals surface area contributed by atoms with Crippen molar-refractivity contribution in [2.24, 2.45) is 0 Å². The maximum absolute atomic E-state index is 11.6. The van der Waals surface area contributed by atoms with Crippen LogP contribution in [0.1, 0.15) is 17.5 Å². The zero-order valence-electron chi connectivity index (χ0n) is 12.1. The van der Waals surface area contributed by atoms with Crippen molar-refractivity contribution < 1.29 is 19.4 Å². The Morgan fingerprint density at radius 1 is 1.30 bits per heavy atom. The van der Waals surface area contributed by atoms with Crippen LogP contribution >= 0.6 is 0 Å². The molecule has 0 aliphatic heterocycles. The molecule has 20 heavy (non-hydrogen) atoms. The fourth-order valence-electron chi connectivity index (χ4n) is 1.72. The van der Waals surface area contributed by atoms with Crippen molar-refractivity contribution >= 4 is 5.91 Å². The molecule has 0 bridgehead atoms. The van der Waals surface area contributed by atoms with Crippen molar-refractivity contribution in [1.29, 1.82) is 0 Å². The number of hydrogen-bond acceptors (Lipinski definition) is 4. The van der Waals surface area contributed by atoms with E-state index in [9.17, 15) is 4.79 Å². The van der Waals surface area contributed by atoms with E-state index in [1.807, 2.05) is 32.0 Å². The predicted octanol–water partition coefficient (Wildman–Crippen LogP) is 1.20. The second-order valence-corrected chi connectivity index (χ2v) is 4.60. The molecule has 0 atom stereocenters. The van der Waals surface area contributed by atoms with Crippen LogP contribution in [0.15, 0.2) is 18.2 Å². The van der Waals surface area contributed by atoms with Gasteiger partial charge in [-0.3, -0.25) is 4.79 Å². The Kier molecular flexibility index (Phi) is 7.69. The first-order valence-electron chi connectivity index (χ1n) is 6.79. The normalized spacial score (nSPS) is 10.3. The molecule has 1 amide bonds. The lowest BCUT2D eigenvalue weighted by atomic mass is 10.1. The highest BCUT2D eigenvalue weighted by molar-refractivity contribution is 5.77. The molecule has 0 saturated heterocycles. The zero-order chi connectivity index (χ0) is 14.8. The van der Waals surface area contributed by atoms with Crippen LogP contribution in [-0.4, -0.2) is 44.0 Å². The van der Waals surface area contributed by atoms with Crippen LogP contribution in [0.25, 0.3) is 0 Å². The van der Waals surface area contributed by atoms with Crippen LogP contribution in [0.4, 0.5) is 0 Å². The van der Waals surface area contributed by atoms with Gasteiger partial charge in [0, 0.05) is 13.2 Å². The second-order valence-electron chi connectivity index (χ2n) is 4.60. The Bertz CT molecular complexity index is 420. The third-order valence-electron chi connectivity index (χ3n) is 2.71. The molecule has 0 aliphatic rings. The molecule has 112 valence electrons.